The van der Waals surface area contributed by atoms with Gasteiger partial charge in [-0.25, -0.2) is 9.59 Å². The molecule has 3 rings (SSSR count). The minimum atomic E-state index is -0.976. The number of aromatic carboxylic acids is 1. The van der Waals surface area contributed by atoms with Crippen molar-refractivity contribution in [2.45, 2.75) is 18.4 Å². The van der Waals surface area contributed by atoms with Gasteiger partial charge in [-0.2, -0.15) is 0 Å². The number of anilines is 1. The topological polar surface area (TPSA) is 70.1 Å². The number of likely N-dealkylation sites (tertiary alicyclic amines) is 1. The minimum absolute atomic E-state index is 0.207. The van der Waals surface area contributed by atoms with Crippen molar-refractivity contribution in [2.75, 3.05) is 31.6 Å². The lowest BCUT2D eigenvalue weighted by molar-refractivity contribution is -0.000394. The lowest BCUT2D eigenvalue weighted by Gasteiger charge is -2.36. The van der Waals surface area contributed by atoms with Crippen molar-refractivity contribution < 1.29 is 19.4 Å². The molecule has 0 bridgehead atoms. The summed E-state index contributed by atoms with van der Waals surface area (Å²) in [4.78, 5) is 26.8. The van der Waals surface area contributed by atoms with Gasteiger partial charge in [0.05, 0.1) is 12.1 Å². The Balaban J connectivity index is 1.80. The number of piperidine rings is 1. The standard InChI is InChI=1S/C15H18N2O4/c1-16-8-2-7-15(9-16)10-17(14(20)21-15)12-5-3-11(4-6-12)13(18)19/h3-6H,2,7-10H2,1H3,(H,18,19). The zero-order valence-corrected chi connectivity index (χ0v) is 11.9. The van der Waals surface area contributed by atoms with Crippen LogP contribution in [-0.4, -0.2) is 54.4 Å². The van der Waals surface area contributed by atoms with Crippen LogP contribution in [0.1, 0.15) is 23.2 Å². The van der Waals surface area contributed by atoms with Crippen LogP contribution in [-0.2, 0) is 4.74 Å². The summed E-state index contributed by atoms with van der Waals surface area (Å²) in [6.45, 7) is 2.28. The van der Waals surface area contributed by atoms with Gasteiger partial charge in [0.15, 0.2) is 0 Å². The quantitative estimate of drug-likeness (QED) is 0.899. The summed E-state index contributed by atoms with van der Waals surface area (Å²) >= 11 is 0. The Kier molecular flexibility index (Phi) is 3.33. The normalized spacial score (nSPS) is 26.1. The van der Waals surface area contributed by atoms with Crippen LogP contribution in [0.25, 0.3) is 0 Å². The Morgan fingerprint density at radius 3 is 2.62 bits per heavy atom. The summed E-state index contributed by atoms with van der Waals surface area (Å²) in [7, 11) is 2.03. The highest BCUT2D eigenvalue weighted by Gasteiger charge is 2.47. The highest BCUT2D eigenvalue weighted by atomic mass is 16.6. The molecule has 6 nitrogen and oxygen atoms in total. The Morgan fingerprint density at radius 2 is 2.00 bits per heavy atom. The van der Waals surface area contributed by atoms with E-state index in [-0.39, 0.29) is 11.7 Å². The van der Waals surface area contributed by atoms with Gasteiger partial charge in [-0.3, -0.25) is 4.90 Å². The fourth-order valence-electron chi connectivity index (χ4n) is 3.14. The summed E-state index contributed by atoms with van der Waals surface area (Å²) in [5.41, 5.74) is 0.448. The average Bonchev–Trinajstić information content (AvgIpc) is 2.75. The van der Waals surface area contributed by atoms with Crippen molar-refractivity contribution in [1.29, 1.82) is 0 Å². The molecule has 2 saturated heterocycles. The smallest absolute Gasteiger partial charge is 0.415 e. The third-order valence-corrected chi connectivity index (χ3v) is 4.13. The average molecular weight is 290 g/mol. The van der Waals surface area contributed by atoms with Crippen molar-refractivity contribution in [3.8, 4) is 0 Å². The van der Waals surface area contributed by atoms with Crippen molar-refractivity contribution in [1.82, 2.24) is 4.90 Å². The third kappa shape index (κ3) is 2.58. The van der Waals surface area contributed by atoms with E-state index in [0.29, 0.717) is 12.2 Å². The van der Waals surface area contributed by atoms with Crippen LogP contribution in [0.3, 0.4) is 0 Å². The number of hydrogen-bond donors (Lipinski definition) is 1. The largest absolute Gasteiger partial charge is 0.478 e. The second-order valence-corrected chi connectivity index (χ2v) is 5.83. The highest BCUT2D eigenvalue weighted by Crippen LogP contribution is 2.34. The molecule has 1 spiro atoms. The van der Waals surface area contributed by atoms with E-state index in [4.69, 9.17) is 9.84 Å². The van der Waals surface area contributed by atoms with Gasteiger partial charge in [0.1, 0.15) is 5.60 Å². The molecule has 1 aromatic carbocycles. The van der Waals surface area contributed by atoms with Gasteiger partial charge in [-0.1, -0.05) is 0 Å². The predicted molar refractivity (Wildman–Crippen MR) is 76.7 cm³/mol. The van der Waals surface area contributed by atoms with Crippen LogP contribution in [0.4, 0.5) is 10.5 Å². The first-order chi connectivity index (χ1) is 9.99. The lowest BCUT2D eigenvalue weighted by Crippen LogP contribution is -2.49. The predicted octanol–water partition coefficient (Wildman–Crippen LogP) is 1.81. The molecular weight excluding hydrogens is 272 g/mol. The van der Waals surface area contributed by atoms with Crippen LogP contribution in [0.2, 0.25) is 0 Å². The molecule has 1 amide bonds. The maximum atomic E-state index is 12.1. The minimum Gasteiger partial charge on any atom is -0.478 e. The van der Waals surface area contributed by atoms with Crippen molar-refractivity contribution >= 4 is 17.7 Å². The summed E-state index contributed by atoms with van der Waals surface area (Å²) < 4.78 is 5.63. The Labute approximate surface area is 122 Å². The molecule has 0 saturated carbocycles. The van der Waals surface area contributed by atoms with E-state index in [1.54, 1.807) is 17.0 Å². The van der Waals surface area contributed by atoms with Crippen LogP contribution >= 0.6 is 0 Å². The second-order valence-electron chi connectivity index (χ2n) is 5.83. The van der Waals surface area contributed by atoms with Crippen LogP contribution in [0.15, 0.2) is 24.3 Å². The molecule has 0 radical (unpaired) electrons. The molecule has 1 aromatic rings. The summed E-state index contributed by atoms with van der Waals surface area (Å²) in [6, 6.07) is 6.30. The molecular formula is C15H18N2O4. The molecule has 1 atom stereocenters. The number of carbonyl (C=O) groups excluding carboxylic acids is 1. The molecule has 0 aromatic heterocycles. The van der Waals surface area contributed by atoms with Crippen molar-refractivity contribution in [3.05, 3.63) is 29.8 Å². The van der Waals surface area contributed by atoms with E-state index in [1.807, 2.05) is 7.05 Å². The Hall–Kier alpha value is -2.08. The maximum Gasteiger partial charge on any atom is 0.415 e. The molecule has 21 heavy (non-hydrogen) atoms. The molecule has 2 fully saturated rings. The van der Waals surface area contributed by atoms with E-state index in [0.717, 1.165) is 25.9 Å². The van der Waals surface area contributed by atoms with Gasteiger partial charge >= 0.3 is 12.1 Å². The van der Waals surface area contributed by atoms with Gasteiger partial charge < -0.3 is 14.7 Å². The first-order valence-corrected chi connectivity index (χ1v) is 7.02. The van der Waals surface area contributed by atoms with E-state index >= 15 is 0 Å². The van der Waals surface area contributed by atoms with Crippen LogP contribution in [0, 0.1) is 0 Å². The number of carboxylic acid groups (broad SMARTS) is 1. The van der Waals surface area contributed by atoms with Gasteiger partial charge in [0.2, 0.25) is 0 Å². The third-order valence-electron chi connectivity index (χ3n) is 4.13. The molecule has 1 unspecified atom stereocenters. The Morgan fingerprint density at radius 1 is 1.29 bits per heavy atom. The molecule has 6 heteroatoms. The number of rotatable bonds is 2. The molecule has 2 aliphatic rings. The first-order valence-electron chi connectivity index (χ1n) is 7.02. The van der Waals surface area contributed by atoms with Crippen LogP contribution in [0.5, 0.6) is 0 Å². The molecule has 1 N–H and O–H groups in total. The number of amides is 1. The summed E-state index contributed by atoms with van der Waals surface area (Å²) in [5, 5.41) is 8.91. The molecule has 2 aliphatic heterocycles. The van der Waals surface area contributed by atoms with E-state index in [9.17, 15) is 9.59 Å². The zero-order chi connectivity index (χ0) is 15.0. The van der Waals surface area contributed by atoms with Crippen molar-refractivity contribution in [3.63, 3.8) is 0 Å². The molecule has 2 heterocycles. The highest BCUT2D eigenvalue weighted by molar-refractivity contribution is 5.92. The fraction of sp³-hybridized carbons (Fsp3) is 0.467. The van der Waals surface area contributed by atoms with E-state index in [2.05, 4.69) is 4.90 Å². The molecule has 0 aliphatic carbocycles. The number of benzene rings is 1. The van der Waals surface area contributed by atoms with E-state index in [1.165, 1.54) is 12.1 Å². The first kappa shape index (κ1) is 13.9. The molecule has 112 valence electrons. The number of ether oxygens (including phenoxy) is 1. The summed E-state index contributed by atoms with van der Waals surface area (Å²) in [5.74, 6) is -0.976. The number of likely N-dealkylation sites (N-methyl/N-ethyl adjacent to an activating group) is 1. The van der Waals surface area contributed by atoms with Gasteiger partial charge in [0.25, 0.3) is 0 Å². The SMILES string of the molecule is CN1CCCC2(C1)CN(c1ccc(C(=O)O)cc1)C(=O)O2. The van der Waals surface area contributed by atoms with E-state index < -0.39 is 11.6 Å². The van der Waals surface area contributed by atoms with Gasteiger partial charge in [-0.15, -0.1) is 0 Å². The maximum absolute atomic E-state index is 12.1. The zero-order valence-electron chi connectivity index (χ0n) is 11.9. The monoisotopic (exact) mass is 290 g/mol. The second kappa shape index (κ2) is 5.04. The van der Waals surface area contributed by atoms with Crippen LogP contribution < -0.4 is 4.90 Å². The van der Waals surface area contributed by atoms with Gasteiger partial charge in [0, 0.05) is 12.2 Å². The number of hydrogen-bond acceptors (Lipinski definition) is 4. The fourth-order valence-corrected chi connectivity index (χ4v) is 3.14. The number of carbonyl (C=O) groups is 2. The number of nitrogens with zero attached hydrogens (tertiary/aromatic N) is 2. The lowest BCUT2D eigenvalue weighted by atomic mass is 9.93. The Bertz CT molecular complexity index is 572. The van der Waals surface area contributed by atoms with Gasteiger partial charge in [-0.05, 0) is 50.7 Å². The van der Waals surface area contributed by atoms with Crippen molar-refractivity contribution in [2.24, 2.45) is 0 Å². The summed E-state index contributed by atoms with van der Waals surface area (Å²) in [6.07, 6.45) is 1.52. The number of carboxylic acids is 1.